The fraction of sp³-hybridized carbons (Fsp3) is 0.200. The lowest BCUT2D eigenvalue weighted by Gasteiger charge is -2.13. The van der Waals surface area contributed by atoms with Crippen molar-refractivity contribution in [2.24, 2.45) is 0 Å². The molecule has 0 fully saturated rings. The van der Waals surface area contributed by atoms with Gasteiger partial charge >= 0.3 is 0 Å². The van der Waals surface area contributed by atoms with Gasteiger partial charge in [-0.2, -0.15) is 0 Å². The quantitative estimate of drug-likeness (QED) is 0.467. The number of hydrogen-bond acceptors (Lipinski definition) is 5. The maximum Gasteiger partial charge on any atom is 0.276 e. The van der Waals surface area contributed by atoms with Gasteiger partial charge in [-0.25, -0.2) is 4.98 Å². The number of carbonyl (C=O) groups excluding carboxylic acids is 2. The maximum atomic E-state index is 13.2. The minimum Gasteiger partial charge on any atom is -0.348 e. The van der Waals surface area contributed by atoms with Crippen LogP contribution in [-0.2, 0) is 19.4 Å². The lowest BCUT2D eigenvalue weighted by atomic mass is 9.95. The summed E-state index contributed by atoms with van der Waals surface area (Å²) in [6, 6.07) is 17.2. The number of benzene rings is 2. The van der Waals surface area contributed by atoms with Crippen LogP contribution in [0, 0.1) is 0 Å². The van der Waals surface area contributed by atoms with Gasteiger partial charge < -0.3 is 10.6 Å². The molecule has 2 heterocycles. The molecule has 6 nitrogen and oxygen atoms in total. The molecular formula is C25H22N4O2S. The molecular weight excluding hydrogens is 420 g/mol. The van der Waals surface area contributed by atoms with Crippen molar-refractivity contribution in [3.8, 4) is 0 Å². The van der Waals surface area contributed by atoms with Gasteiger partial charge in [0, 0.05) is 11.4 Å². The summed E-state index contributed by atoms with van der Waals surface area (Å²) in [6.45, 7) is 0.438. The molecule has 0 bridgehead atoms. The molecule has 160 valence electrons. The molecule has 1 aliphatic rings. The van der Waals surface area contributed by atoms with E-state index in [1.807, 2.05) is 54.6 Å². The van der Waals surface area contributed by atoms with Gasteiger partial charge in [0.2, 0.25) is 0 Å². The molecule has 32 heavy (non-hydrogen) atoms. The molecule has 0 unspecified atom stereocenters. The third-order valence-corrected chi connectivity index (χ3v) is 6.81. The number of anilines is 1. The number of carbonyl (C=O) groups is 2. The summed E-state index contributed by atoms with van der Waals surface area (Å²) in [5.74, 6) is -0.521. The lowest BCUT2D eigenvalue weighted by Crippen LogP contribution is -2.25. The van der Waals surface area contributed by atoms with E-state index in [0.29, 0.717) is 22.6 Å². The van der Waals surface area contributed by atoms with Crippen molar-refractivity contribution in [2.75, 3.05) is 5.32 Å². The monoisotopic (exact) mass is 442 g/mol. The minimum atomic E-state index is -0.362. The van der Waals surface area contributed by atoms with Gasteiger partial charge in [0.15, 0.2) is 0 Å². The number of nitrogens with one attached hydrogen (secondary N) is 2. The summed E-state index contributed by atoms with van der Waals surface area (Å²) in [5.41, 5.74) is 4.30. The fourth-order valence-corrected chi connectivity index (χ4v) is 5.28. The Morgan fingerprint density at radius 1 is 0.906 bits per heavy atom. The Hall–Kier alpha value is -3.58. The van der Waals surface area contributed by atoms with E-state index in [-0.39, 0.29) is 17.5 Å². The molecule has 2 N–H and O–H groups in total. The lowest BCUT2D eigenvalue weighted by molar-refractivity contribution is 0.0951. The Bertz CT molecular complexity index is 1300. The Morgan fingerprint density at radius 2 is 1.66 bits per heavy atom. The average molecular weight is 443 g/mol. The zero-order chi connectivity index (χ0) is 21.9. The van der Waals surface area contributed by atoms with Gasteiger partial charge in [-0.05, 0) is 48.9 Å². The number of thiophene rings is 1. The van der Waals surface area contributed by atoms with Gasteiger partial charge in [-0.1, -0.05) is 42.5 Å². The van der Waals surface area contributed by atoms with E-state index in [2.05, 4.69) is 20.6 Å². The topological polar surface area (TPSA) is 84.0 Å². The molecule has 2 aromatic carbocycles. The molecule has 0 saturated heterocycles. The van der Waals surface area contributed by atoms with Crippen molar-refractivity contribution in [2.45, 2.75) is 32.2 Å². The van der Waals surface area contributed by atoms with Crippen molar-refractivity contribution in [1.29, 1.82) is 0 Å². The van der Waals surface area contributed by atoms with Crippen LogP contribution in [0.15, 0.2) is 60.8 Å². The minimum absolute atomic E-state index is 0.159. The zero-order valence-electron chi connectivity index (χ0n) is 17.4. The summed E-state index contributed by atoms with van der Waals surface area (Å²) in [4.78, 5) is 36.1. The first-order valence-corrected chi connectivity index (χ1v) is 11.5. The van der Waals surface area contributed by atoms with E-state index >= 15 is 0 Å². The van der Waals surface area contributed by atoms with Crippen molar-refractivity contribution in [3.05, 3.63) is 88.1 Å². The predicted molar refractivity (Wildman–Crippen MR) is 126 cm³/mol. The molecule has 0 radical (unpaired) electrons. The van der Waals surface area contributed by atoms with Crippen molar-refractivity contribution < 1.29 is 9.59 Å². The van der Waals surface area contributed by atoms with Gasteiger partial charge in [-0.3, -0.25) is 14.6 Å². The highest BCUT2D eigenvalue weighted by atomic mass is 32.1. The third kappa shape index (κ3) is 4.11. The number of aryl methyl sites for hydroxylation is 1. The molecule has 1 aliphatic carbocycles. The second kappa shape index (κ2) is 8.88. The fourth-order valence-electron chi connectivity index (χ4n) is 3.99. The molecule has 5 rings (SSSR count). The Kier molecular flexibility index (Phi) is 5.64. The largest absolute Gasteiger partial charge is 0.348 e. The number of hydrogen-bond donors (Lipinski definition) is 2. The van der Waals surface area contributed by atoms with Gasteiger partial charge in [0.05, 0.1) is 22.8 Å². The second-order valence-corrected chi connectivity index (χ2v) is 8.89. The Labute approximate surface area is 189 Å². The SMILES string of the molecule is O=C(Nc1sc2c(c1C(=O)NCc1ccccc1)CCCC2)c1cnc2ccccc2n1. The summed E-state index contributed by atoms with van der Waals surface area (Å²) >= 11 is 1.50. The zero-order valence-corrected chi connectivity index (χ0v) is 18.2. The first kappa shape index (κ1) is 20.3. The van der Waals surface area contributed by atoms with E-state index in [1.165, 1.54) is 22.4 Å². The number of amides is 2. The maximum absolute atomic E-state index is 13.2. The van der Waals surface area contributed by atoms with Crippen LogP contribution in [0.4, 0.5) is 5.00 Å². The van der Waals surface area contributed by atoms with Gasteiger partial charge in [0.1, 0.15) is 10.7 Å². The van der Waals surface area contributed by atoms with Crippen LogP contribution in [0.3, 0.4) is 0 Å². The molecule has 4 aromatic rings. The standard InChI is InChI=1S/C25H22N4O2S/c30-23(20-15-26-18-11-5-6-12-19(18)28-20)29-25-22(17-10-4-7-13-21(17)32-25)24(31)27-14-16-8-2-1-3-9-16/h1-3,5-6,8-9,11-12,15H,4,7,10,13-14H2,(H,27,31)(H,29,30). The predicted octanol–water partition coefficient (Wildman–Crippen LogP) is 4.75. The van der Waals surface area contributed by atoms with E-state index in [9.17, 15) is 9.59 Å². The van der Waals surface area contributed by atoms with Crippen molar-refractivity contribution in [1.82, 2.24) is 15.3 Å². The average Bonchev–Trinajstić information content (AvgIpc) is 3.20. The smallest absolute Gasteiger partial charge is 0.276 e. The first-order chi connectivity index (χ1) is 15.7. The van der Waals surface area contributed by atoms with E-state index in [1.54, 1.807) is 0 Å². The van der Waals surface area contributed by atoms with Crippen LogP contribution >= 0.6 is 11.3 Å². The summed E-state index contributed by atoms with van der Waals surface area (Å²) in [5, 5.41) is 6.55. The van der Waals surface area contributed by atoms with Crippen LogP contribution in [0.1, 0.15) is 49.7 Å². The van der Waals surface area contributed by atoms with Crippen molar-refractivity contribution in [3.63, 3.8) is 0 Å². The van der Waals surface area contributed by atoms with E-state index in [4.69, 9.17) is 0 Å². The summed E-state index contributed by atoms with van der Waals surface area (Å²) < 4.78 is 0. The number of aromatic nitrogens is 2. The highest BCUT2D eigenvalue weighted by Gasteiger charge is 2.26. The normalized spacial score (nSPS) is 12.9. The van der Waals surface area contributed by atoms with Crippen LogP contribution in [-0.4, -0.2) is 21.8 Å². The highest BCUT2D eigenvalue weighted by Crippen LogP contribution is 2.38. The molecule has 0 spiro atoms. The molecule has 0 atom stereocenters. The molecule has 0 aliphatic heterocycles. The highest BCUT2D eigenvalue weighted by molar-refractivity contribution is 7.17. The van der Waals surface area contributed by atoms with Crippen LogP contribution in [0.25, 0.3) is 11.0 Å². The van der Waals surface area contributed by atoms with Gasteiger partial charge in [0.25, 0.3) is 11.8 Å². The number of para-hydroxylation sites is 2. The number of nitrogens with zero attached hydrogens (tertiary/aromatic N) is 2. The molecule has 2 aromatic heterocycles. The Morgan fingerprint density at radius 3 is 2.50 bits per heavy atom. The number of rotatable bonds is 5. The molecule has 7 heteroatoms. The summed E-state index contributed by atoms with van der Waals surface area (Å²) in [6.07, 6.45) is 5.41. The van der Waals surface area contributed by atoms with Gasteiger partial charge in [-0.15, -0.1) is 11.3 Å². The first-order valence-electron chi connectivity index (χ1n) is 10.7. The third-order valence-electron chi connectivity index (χ3n) is 5.60. The van der Waals surface area contributed by atoms with Crippen molar-refractivity contribution >= 4 is 39.2 Å². The van der Waals surface area contributed by atoms with E-state index in [0.717, 1.165) is 42.3 Å². The second-order valence-electron chi connectivity index (χ2n) is 7.78. The summed E-state index contributed by atoms with van der Waals surface area (Å²) in [7, 11) is 0. The van der Waals surface area contributed by atoms with E-state index < -0.39 is 0 Å². The molecule has 2 amide bonds. The van der Waals surface area contributed by atoms with Crippen LogP contribution < -0.4 is 10.6 Å². The number of fused-ring (bicyclic) bond motifs is 2. The van der Waals surface area contributed by atoms with Crippen LogP contribution in [0.2, 0.25) is 0 Å². The molecule has 0 saturated carbocycles. The van der Waals surface area contributed by atoms with Crippen LogP contribution in [0.5, 0.6) is 0 Å². The Balaban J connectivity index is 1.42.